The molecular formula is C22H32BrN3O8. The zero-order valence-corrected chi connectivity index (χ0v) is 22.2. The third kappa shape index (κ3) is 8.47. The summed E-state index contributed by atoms with van der Waals surface area (Å²) >= 11 is 3.28. The molecule has 1 unspecified atom stereocenters. The lowest BCUT2D eigenvalue weighted by Gasteiger charge is -2.35. The summed E-state index contributed by atoms with van der Waals surface area (Å²) < 4.78 is 16.3. The van der Waals surface area contributed by atoms with Gasteiger partial charge in [0.25, 0.3) is 0 Å². The van der Waals surface area contributed by atoms with Crippen LogP contribution in [0.15, 0.2) is 28.7 Å². The second-order valence-corrected chi connectivity index (χ2v) is 10.7. The molecule has 1 atom stereocenters. The van der Waals surface area contributed by atoms with Gasteiger partial charge in [-0.15, -0.1) is 5.01 Å². The fourth-order valence-corrected chi connectivity index (χ4v) is 2.91. The largest absolute Gasteiger partial charge is 0.456 e. The van der Waals surface area contributed by atoms with Crippen molar-refractivity contribution >= 4 is 34.1 Å². The van der Waals surface area contributed by atoms with E-state index in [9.17, 15) is 24.5 Å². The Morgan fingerprint density at radius 1 is 1.03 bits per heavy atom. The summed E-state index contributed by atoms with van der Waals surface area (Å²) in [6.07, 6.45) is -3.92. The second kappa shape index (κ2) is 11.0. The minimum atomic E-state index is -2.91. The highest BCUT2D eigenvalue weighted by atomic mass is 79.9. The average Bonchev–Trinajstić information content (AvgIpc) is 2.62. The van der Waals surface area contributed by atoms with Gasteiger partial charge in [0.15, 0.2) is 0 Å². The van der Waals surface area contributed by atoms with Gasteiger partial charge in [-0.25, -0.2) is 19.8 Å². The number of carbonyl (C=O) groups is 3. The molecule has 190 valence electrons. The highest BCUT2D eigenvalue weighted by molar-refractivity contribution is 9.10. The summed E-state index contributed by atoms with van der Waals surface area (Å²) in [5.74, 6) is -1.36. The number of carbonyl (C=O) groups excluding carboxylic acids is 3. The predicted octanol–water partition coefficient (Wildman–Crippen LogP) is 4.59. The van der Waals surface area contributed by atoms with Gasteiger partial charge in [0.05, 0.1) is 17.4 Å². The number of nitrogens with zero attached hydrogens (tertiary/aromatic N) is 2. The maximum absolute atomic E-state index is 13.3. The fraction of sp³-hybridized carbons (Fsp3) is 0.591. The Morgan fingerprint density at radius 2 is 1.53 bits per heavy atom. The number of benzene rings is 1. The molecule has 0 aromatic heterocycles. The van der Waals surface area contributed by atoms with Crippen LogP contribution in [-0.2, 0) is 25.4 Å². The first-order chi connectivity index (χ1) is 15.4. The number of ether oxygens (including phenoxy) is 3. The maximum atomic E-state index is 13.3. The minimum Gasteiger partial charge on any atom is -0.456 e. The standard InChI is InChI=1S/C22H32BrN3O8/c1-14(2)32-17(27)22(26(30)31,13-15-9-11-16(23)12-10-15)25(19(29)34-21(6,7)8)24-18(28)33-20(3,4)5/h9-12,14H,13H2,1-8H3,(H,24,28). The average molecular weight is 546 g/mol. The van der Waals surface area contributed by atoms with Gasteiger partial charge >= 0.3 is 23.8 Å². The van der Waals surface area contributed by atoms with E-state index in [1.165, 1.54) is 46.8 Å². The Balaban J connectivity index is 3.72. The van der Waals surface area contributed by atoms with Crippen molar-refractivity contribution < 1.29 is 33.5 Å². The normalized spacial score (nSPS) is 13.5. The highest BCUT2D eigenvalue weighted by Crippen LogP contribution is 2.27. The number of hydrazine groups is 1. The Hall–Kier alpha value is -2.89. The smallest absolute Gasteiger partial charge is 0.435 e. The van der Waals surface area contributed by atoms with E-state index in [-0.39, 0.29) is 5.01 Å². The molecule has 11 nitrogen and oxygen atoms in total. The van der Waals surface area contributed by atoms with Crippen LogP contribution in [0.3, 0.4) is 0 Å². The van der Waals surface area contributed by atoms with Crippen LogP contribution in [0.25, 0.3) is 0 Å². The first-order valence-electron chi connectivity index (χ1n) is 10.5. The Labute approximate surface area is 207 Å². The van der Waals surface area contributed by atoms with E-state index in [0.29, 0.717) is 10.0 Å². The zero-order chi connectivity index (χ0) is 26.5. The monoisotopic (exact) mass is 545 g/mol. The molecule has 1 aromatic rings. The van der Waals surface area contributed by atoms with E-state index in [2.05, 4.69) is 15.9 Å². The highest BCUT2D eigenvalue weighted by Gasteiger charge is 2.62. The summed E-state index contributed by atoms with van der Waals surface area (Å²) in [6.45, 7) is 12.3. The van der Waals surface area contributed by atoms with Gasteiger partial charge in [-0.1, -0.05) is 28.1 Å². The molecule has 0 saturated heterocycles. The molecule has 0 radical (unpaired) electrons. The van der Waals surface area contributed by atoms with Crippen LogP contribution in [0.2, 0.25) is 0 Å². The number of esters is 1. The lowest BCUT2D eigenvalue weighted by atomic mass is 9.99. The van der Waals surface area contributed by atoms with Crippen molar-refractivity contribution in [1.29, 1.82) is 0 Å². The molecule has 12 heteroatoms. The topological polar surface area (TPSA) is 137 Å². The fourth-order valence-electron chi connectivity index (χ4n) is 2.65. The van der Waals surface area contributed by atoms with Crippen molar-refractivity contribution in [2.45, 2.75) is 84.8 Å². The number of hydrogen-bond donors (Lipinski definition) is 1. The SMILES string of the molecule is CC(C)OC(=O)C(Cc1ccc(Br)cc1)(N(NC(=O)OC(C)(C)C)C(=O)OC(C)(C)C)[N+](=O)[O-]. The molecule has 2 amide bonds. The molecule has 1 aromatic carbocycles. The summed E-state index contributed by atoms with van der Waals surface area (Å²) in [4.78, 5) is 50.6. The number of hydrogen-bond acceptors (Lipinski definition) is 8. The Morgan fingerprint density at radius 3 is 1.94 bits per heavy atom. The molecule has 0 fully saturated rings. The van der Waals surface area contributed by atoms with Gasteiger partial charge in [0, 0.05) is 4.47 Å². The van der Waals surface area contributed by atoms with Crippen LogP contribution in [0.1, 0.15) is 61.0 Å². The van der Waals surface area contributed by atoms with Gasteiger partial charge in [0.2, 0.25) is 0 Å². The Kier molecular flexibility index (Phi) is 9.45. The van der Waals surface area contributed by atoms with Crippen molar-refractivity contribution in [2.24, 2.45) is 0 Å². The quantitative estimate of drug-likeness (QED) is 0.180. The van der Waals surface area contributed by atoms with E-state index in [1.54, 1.807) is 32.9 Å². The van der Waals surface area contributed by atoms with Crippen LogP contribution in [-0.4, -0.2) is 51.1 Å². The summed E-state index contributed by atoms with van der Waals surface area (Å²) in [5.41, 5.74) is -2.64. The lowest BCUT2D eigenvalue weighted by molar-refractivity contribution is -0.584. The lowest BCUT2D eigenvalue weighted by Crippen LogP contribution is -2.70. The molecular weight excluding hydrogens is 514 g/mol. The van der Waals surface area contributed by atoms with E-state index in [4.69, 9.17) is 14.2 Å². The molecule has 0 aliphatic rings. The van der Waals surface area contributed by atoms with Crippen molar-refractivity contribution in [3.63, 3.8) is 0 Å². The van der Waals surface area contributed by atoms with E-state index in [0.717, 1.165) is 0 Å². The second-order valence-electron chi connectivity index (χ2n) is 9.76. The van der Waals surface area contributed by atoms with Crippen LogP contribution in [0.5, 0.6) is 0 Å². The summed E-state index contributed by atoms with van der Waals surface area (Å²) in [5, 5.41) is 12.8. The van der Waals surface area contributed by atoms with E-state index in [1.807, 2.05) is 5.43 Å². The van der Waals surface area contributed by atoms with Crippen LogP contribution in [0.4, 0.5) is 9.59 Å². The van der Waals surface area contributed by atoms with Gasteiger partial charge < -0.3 is 14.2 Å². The van der Waals surface area contributed by atoms with Crippen molar-refractivity contribution in [2.75, 3.05) is 0 Å². The van der Waals surface area contributed by atoms with Gasteiger partial charge in [-0.3, -0.25) is 10.1 Å². The predicted molar refractivity (Wildman–Crippen MR) is 126 cm³/mol. The van der Waals surface area contributed by atoms with Crippen molar-refractivity contribution in [3.05, 3.63) is 44.4 Å². The summed E-state index contributed by atoms with van der Waals surface area (Å²) in [6, 6.07) is 6.30. The zero-order valence-electron chi connectivity index (χ0n) is 20.6. The number of nitro groups is 1. The van der Waals surface area contributed by atoms with E-state index >= 15 is 0 Å². The van der Waals surface area contributed by atoms with Crippen LogP contribution in [0, 0.1) is 10.1 Å². The first kappa shape index (κ1) is 29.1. The Bertz CT molecular complexity index is 906. The molecule has 0 bridgehead atoms. The minimum absolute atomic E-state index is 0.235. The van der Waals surface area contributed by atoms with Crippen LogP contribution < -0.4 is 5.43 Å². The van der Waals surface area contributed by atoms with Gasteiger partial charge in [-0.05, 0) is 73.1 Å². The van der Waals surface area contributed by atoms with Gasteiger partial charge in [0.1, 0.15) is 11.2 Å². The molecule has 34 heavy (non-hydrogen) atoms. The van der Waals surface area contributed by atoms with Gasteiger partial charge in [-0.2, -0.15) is 0 Å². The van der Waals surface area contributed by atoms with Crippen molar-refractivity contribution in [3.8, 4) is 0 Å². The number of nitrogens with one attached hydrogen (secondary N) is 1. The molecule has 1 N–H and O–H groups in total. The molecule has 0 spiro atoms. The number of rotatable bonds is 6. The van der Waals surface area contributed by atoms with Crippen molar-refractivity contribution in [1.82, 2.24) is 10.4 Å². The molecule has 0 heterocycles. The molecule has 0 aliphatic carbocycles. The number of amides is 2. The molecule has 0 aliphatic heterocycles. The maximum Gasteiger partial charge on any atom is 0.435 e. The first-order valence-corrected chi connectivity index (χ1v) is 11.3. The number of halogens is 1. The molecule has 0 saturated carbocycles. The summed E-state index contributed by atoms with van der Waals surface area (Å²) in [7, 11) is 0. The third-order valence-electron chi connectivity index (χ3n) is 3.88. The molecule has 1 rings (SSSR count). The third-order valence-corrected chi connectivity index (χ3v) is 4.41. The van der Waals surface area contributed by atoms with E-state index < -0.39 is 52.5 Å². The van der Waals surface area contributed by atoms with Crippen LogP contribution >= 0.6 is 15.9 Å².